The smallest absolute Gasteiger partial charge is 0.253 e. The van der Waals surface area contributed by atoms with Crippen LogP contribution in [0.5, 0.6) is 0 Å². The highest BCUT2D eigenvalue weighted by Crippen LogP contribution is 2.53. The SMILES string of the molecule is CC1CC(c2cccc(N3Cc4c(cc(CN5CCC(F)(F)[C@H](C)C5)nc4C4CC4)C3O)c2)(c2nncn2C)C1. The number of nitrogens with zero attached hydrogens (tertiary/aromatic N) is 6. The van der Waals surface area contributed by atoms with Crippen LogP contribution in [-0.4, -0.2) is 48.8 Å². The molecule has 2 atom stereocenters. The molecule has 7 rings (SSSR count). The summed E-state index contributed by atoms with van der Waals surface area (Å²) in [5, 5.41) is 20.3. The summed E-state index contributed by atoms with van der Waals surface area (Å²) in [4.78, 5) is 9.23. The molecule has 0 bridgehead atoms. The van der Waals surface area contributed by atoms with E-state index in [1.54, 1.807) is 13.3 Å². The number of halogens is 2. The summed E-state index contributed by atoms with van der Waals surface area (Å²) < 4.78 is 30.2. The topological polar surface area (TPSA) is 70.3 Å². The molecule has 4 aliphatic rings. The van der Waals surface area contributed by atoms with Crippen molar-refractivity contribution >= 4 is 5.69 Å². The van der Waals surface area contributed by atoms with Crippen molar-refractivity contribution in [1.29, 1.82) is 0 Å². The molecule has 0 amide bonds. The third-order valence-corrected chi connectivity index (χ3v) is 9.77. The van der Waals surface area contributed by atoms with E-state index in [2.05, 4.69) is 51.2 Å². The van der Waals surface area contributed by atoms with Crippen molar-refractivity contribution in [3.63, 3.8) is 0 Å². The molecule has 7 nitrogen and oxygen atoms in total. The second-order valence-corrected chi connectivity index (χ2v) is 12.9. The number of pyridine rings is 1. The van der Waals surface area contributed by atoms with Gasteiger partial charge in [-0.3, -0.25) is 9.88 Å². The fraction of sp³-hybridized carbons (Fsp3) is 0.581. The number of piperidine rings is 1. The van der Waals surface area contributed by atoms with Crippen LogP contribution in [0, 0.1) is 11.8 Å². The minimum Gasteiger partial charge on any atom is -0.369 e. The molecule has 2 saturated carbocycles. The fourth-order valence-electron chi connectivity index (χ4n) is 7.42. The Morgan fingerprint density at radius 1 is 1.12 bits per heavy atom. The number of aliphatic hydroxyl groups excluding tert-OH is 1. The van der Waals surface area contributed by atoms with Crippen molar-refractivity contribution in [2.45, 2.75) is 82.5 Å². The molecule has 2 aliphatic carbocycles. The Hall–Kier alpha value is -2.91. The number of hydrogen-bond donors (Lipinski definition) is 1. The van der Waals surface area contributed by atoms with E-state index in [4.69, 9.17) is 4.98 Å². The van der Waals surface area contributed by atoms with E-state index >= 15 is 0 Å². The predicted molar refractivity (Wildman–Crippen MR) is 148 cm³/mol. The van der Waals surface area contributed by atoms with Crippen molar-refractivity contribution in [2.75, 3.05) is 18.0 Å². The van der Waals surface area contributed by atoms with Crippen LogP contribution in [0.2, 0.25) is 0 Å². The van der Waals surface area contributed by atoms with Crippen LogP contribution in [-0.2, 0) is 25.6 Å². The number of benzene rings is 1. The van der Waals surface area contributed by atoms with Crippen LogP contribution in [0.3, 0.4) is 0 Å². The Morgan fingerprint density at radius 2 is 1.93 bits per heavy atom. The molecule has 3 aromatic rings. The van der Waals surface area contributed by atoms with Crippen molar-refractivity contribution in [1.82, 2.24) is 24.6 Å². The Labute approximate surface area is 234 Å². The van der Waals surface area contributed by atoms with Crippen LogP contribution in [0.25, 0.3) is 0 Å². The lowest BCUT2D eigenvalue weighted by molar-refractivity contribution is -0.100. The maximum Gasteiger partial charge on any atom is 0.253 e. The normalized spacial score (nSPS) is 29.9. The van der Waals surface area contributed by atoms with Crippen molar-refractivity contribution in [2.24, 2.45) is 18.9 Å². The lowest BCUT2D eigenvalue weighted by Crippen LogP contribution is -2.45. The number of aliphatic hydroxyl groups is 1. The average molecular weight is 549 g/mol. The van der Waals surface area contributed by atoms with Crippen molar-refractivity contribution in [3.8, 4) is 0 Å². The molecule has 0 spiro atoms. The number of hydrogen-bond acceptors (Lipinski definition) is 6. The van der Waals surface area contributed by atoms with Gasteiger partial charge in [-0.2, -0.15) is 0 Å². The summed E-state index contributed by atoms with van der Waals surface area (Å²) in [6, 6.07) is 10.6. The summed E-state index contributed by atoms with van der Waals surface area (Å²) >= 11 is 0. The summed E-state index contributed by atoms with van der Waals surface area (Å²) in [5.74, 6) is -1.25. The summed E-state index contributed by atoms with van der Waals surface area (Å²) in [6.07, 6.45) is 5.14. The Kier molecular flexibility index (Phi) is 6.06. The lowest BCUT2D eigenvalue weighted by atomic mass is 9.58. The summed E-state index contributed by atoms with van der Waals surface area (Å²) in [7, 11) is 2.00. The molecule has 1 N–H and O–H groups in total. The first-order chi connectivity index (χ1) is 19.1. The molecule has 212 valence electrons. The monoisotopic (exact) mass is 548 g/mol. The Balaban J connectivity index is 1.18. The number of alkyl halides is 2. The summed E-state index contributed by atoms with van der Waals surface area (Å²) in [5.41, 5.74) is 6.02. The van der Waals surface area contributed by atoms with E-state index in [0.29, 0.717) is 38.0 Å². The summed E-state index contributed by atoms with van der Waals surface area (Å²) in [6.45, 7) is 5.78. The van der Waals surface area contributed by atoms with Gasteiger partial charge in [0.15, 0.2) is 6.23 Å². The largest absolute Gasteiger partial charge is 0.369 e. The van der Waals surface area contributed by atoms with Crippen LogP contribution >= 0.6 is 0 Å². The third-order valence-electron chi connectivity index (χ3n) is 9.77. The molecule has 40 heavy (non-hydrogen) atoms. The van der Waals surface area contributed by atoms with Gasteiger partial charge in [0.05, 0.1) is 11.1 Å². The molecule has 3 fully saturated rings. The van der Waals surface area contributed by atoms with Crippen LogP contribution < -0.4 is 4.90 Å². The van der Waals surface area contributed by atoms with E-state index in [9.17, 15) is 13.9 Å². The maximum atomic E-state index is 14.1. The van der Waals surface area contributed by atoms with Crippen LogP contribution in [0.4, 0.5) is 14.5 Å². The fourth-order valence-corrected chi connectivity index (χ4v) is 7.42. The van der Waals surface area contributed by atoms with Gasteiger partial charge < -0.3 is 14.6 Å². The van der Waals surface area contributed by atoms with Crippen LogP contribution in [0.1, 0.15) is 92.0 Å². The minimum atomic E-state index is -2.60. The minimum absolute atomic E-state index is 0.115. The molecule has 0 radical (unpaired) electrons. The van der Waals surface area contributed by atoms with E-state index in [0.717, 1.165) is 59.7 Å². The third kappa shape index (κ3) is 4.24. The first kappa shape index (κ1) is 26.0. The van der Waals surface area contributed by atoms with Crippen LogP contribution in [0.15, 0.2) is 36.7 Å². The quantitative estimate of drug-likeness (QED) is 0.451. The standard InChI is InChI=1S/C31H38F2N6O/c1-19-13-30(14-19,29-36-34-18-37(29)3)22-5-4-6-24(11-22)39-17-26-25(28(39)40)12-23(35-27(26)21-7-8-21)16-38-10-9-31(32,33)20(2)15-38/h4-6,11-12,18-21,28,40H,7-10,13-17H2,1-3H3/t19?,20-,28?,30?/m1/s1. The number of fused-ring (bicyclic) bond motifs is 1. The van der Waals surface area contributed by atoms with Gasteiger partial charge in [-0.25, -0.2) is 8.78 Å². The van der Waals surface area contributed by atoms with Crippen molar-refractivity contribution in [3.05, 3.63) is 70.6 Å². The zero-order valence-electron chi connectivity index (χ0n) is 23.5. The highest BCUT2D eigenvalue weighted by Gasteiger charge is 2.48. The molecule has 1 aromatic carbocycles. The number of aryl methyl sites for hydroxylation is 1. The predicted octanol–water partition coefficient (Wildman–Crippen LogP) is 5.29. The van der Waals surface area contributed by atoms with E-state index in [1.807, 2.05) is 17.7 Å². The highest BCUT2D eigenvalue weighted by molar-refractivity contribution is 5.58. The Morgan fingerprint density at radius 3 is 2.60 bits per heavy atom. The zero-order valence-corrected chi connectivity index (χ0v) is 23.5. The Bertz CT molecular complexity index is 1430. The lowest BCUT2D eigenvalue weighted by Gasteiger charge is -2.46. The van der Waals surface area contributed by atoms with Gasteiger partial charge >= 0.3 is 0 Å². The second-order valence-electron chi connectivity index (χ2n) is 12.9. The number of aromatic nitrogens is 4. The van der Waals surface area contributed by atoms with Gasteiger partial charge in [-0.1, -0.05) is 26.0 Å². The molecule has 9 heteroatoms. The van der Waals surface area contributed by atoms with Gasteiger partial charge in [-0.05, 0) is 55.4 Å². The van der Waals surface area contributed by atoms with Crippen molar-refractivity contribution < 1.29 is 13.9 Å². The van der Waals surface area contributed by atoms with Gasteiger partial charge in [-0.15, -0.1) is 10.2 Å². The zero-order chi connectivity index (χ0) is 27.8. The molecular weight excluding hydrogens is 510 g/mol. The van der Waals surface area contributed by atoms with E-state index in [-0.39, 0.29) is 11.8 Å². The number of anilines is 1. The highest BCUT2D eigenvalue weighted by atomic mass is 19.3. The number of rotatable bonds is 6. The molecule has 1 unspecified atom stereocenters. The van der Waals surface area contributed by atoms with Gasteiger partial charge in [0.25, 0.3) is 5.92 Å². The van der Waals surface area contributed by atoms with E-state index in [1.165, 1.54) is 5.56 Å². The molecule has 1 saturated heterocycles. The van der Waals surface area contributed by atoms with Gasteiger partial charge in [0.1, 0.15) is 12.2 Å². The van der Waals surface area contributed by atoms with E-state index < -0.39 is 18.1 Å². The molecular formula is C31H38F2N6O. The number of likely N-dealkylation sites (tertiary alicyclic amines) is 1. The first-order valence-electron chi connectivity index (χ1n) is 14.7. The molecule has 2 aliphatic heterocycles. The molecule has 2 aromatic heterocycles. The second kappa shape index (κ2) is 9.31. The maximum absolute atomic E-state index is 14.1. The van der Waals surface area contributed by atoms with Gasteiger partial charge in [0, 0.05) is 74.0 Å². The average Bonchev–Trinajstić information content (AvgIpc) is 3.59. The molecule has 4 heterocycles. The first-order valence-corrected chi connectivity index (χ1v) is 14.7. The van der Waals surface area contributed by atoms with Gasteiger partial charge in [0.2, 0.25) is 0 Å².